The van der Waals surface area contributed by atoms with Gasteiger partial charge in [0.15, 0.2) is 11.9 Å². The Morgan fingerprint density at radius 2 is 2.04 bits per heavy atom. The largest absolute Gasteiger partial charge is 0.479 e. The molecule has 0 bridgehead atoms. The fourth-order valence-corrected chi connectivity index (χ4v) is 2.73. The van der Waals surface area contributed by atoms with Crippen LogP contribution in [0.2, 0.25) is 0 Å². The molecule has 1 aromatic carbocycles. The lowest BCUT2D eigenvalue weighted by molar-refractivity contribution is -0.128. The van der Waals surface area contributed by atoms with Crippen molar-refractivity contribution in [3.05, 3.63) is 23.8 Å². The molecular weight excluding hydrogens is 334 g/mol. The maximum atomic E-state index is 12.5. The van der Waals surface area contributed by atoms with E-state index in [4.69, 9.17) is 4.74 Å². The van der Waals surface area contributed by atoms with Crippen LogP contribution in [-0.4, -0.2) is 62.3 Å². The first-order valence-electron chi connectivity index (χ1n) is 8.90. The first kappa shape index (κ1) is 19.9. The number of hydrogen-bond acceptors (Lipinski definition) is 5. The summed E-state index contributed by atoms with van der Waals surface area (Å²) in [6.07, 6.45) is 0.518. The summed E-state index contributed by atoms with van der Waals surface area (Å²) in [4.78, 5) is 40.3. The quantitative estimate of drug-likeness (QED) is 0.709. The average Bonchev–Trinajstić information content (AvgIpc) is 2.58. The molecule has 1 aromatic rings. The lowest BCUT2D eigenvalue weighted by atomic mass is 10.0. The third-order valence-electron chi connectivity index (χ3n) is 4.15. The lowest BCUT2D eigenvalue weighted by Crippen LogP contribution is -2.49. The maximum absolute atomic E-state index is 12.5. The Morgan fingerprint density at radius 1 is 1.31 bits per heavy atom. The highest BCUT2D eigenvalue weighted by Gasteiger charge is 2.33. The van der Waals surface area contributed by atoms with Gasteiger partial charge in [-0.1, -0.05) is 6.92 Å². The second-order valence-electron chi connectivity index (χ2n) is 6.69. The number of fused-ring (bicyclic) bond motifs is 1. The topological polar surface area (TPSA) is 79.0 Å². The van der Waals surface area contributed by atoms with Crippen LogP contribution in [-0.2, 0) is 9.59 Å². The molecule has 7 heteroatoms. The van der Waals surface area contributed by atoms with Gasteiger partial charge in [-0.3, -0.25) is 19.3 Å². The lowest BCUT2D eigenvalue weighted by Gasteiger charge is -2.33. The third-order valence-corrected chi connectivity index (χ3v) is 4.15. The second-order valence-corrected chi connectivity index (χ2v) is 6.69. The molecule has 1 unspecified atom stereocenters. The van der Waals surface area contributed by atoms with E-state index < -0.39 is 6.10 Å². The normalized spacial score (nSPS) is 16.3. The highest BCUT2D eigenvalue weighted by molar-refractivity contribution is 6.05. The highest BCUT2D eigenvalue weighted by atomic mass is 16.5. The number of rotatable bonds is 8. The minimum absolute atomic E-state index is 0.0109. The van der Waals surface area contributed by atoms with Gasteiger partial charge in [0, 0.05) is 25.1 Å². The van der Waals surface area contributed by atoms with Gasteiger partial charge in [-0.2, -0.15) is 0 Å². The molecule has 1 aliphatic heterocycles. The fraction of sp³-hybridized carbons (Fsp3) is 0.526. The summed E-state index contributed by atoms with van der Waals surface area (Å²) in [5.41, 5.74) is 0.993. The SMILES string of the molecule is CCCC(=O)c1ccc2c(c1)N(CC(=O)NCCN(C)C)C(=O)C(C)O2. The van der Waals surface area contributed by atoms with Crippen LogP contribution in [0.25, 0.3) is 0 Å². The zero-order chi connectivity index (χ0) is 19.3. The van der Waals surface area contributed by atoms with Crippen LogP contribution < -0.4 is 15.0 Å². The van der Waals surface area contributed by atoms with Crippen LogP contribution in [0.4, 0.5) is 5.69 Å². The number of ketones is 1. The molecule has 2 amide bonds. The number of nitrogens with one attached hydrogen (secondary N) is 1. The van der Waals surface area contributed by atoms with Crippen molar-refractivity contribution in [2.24, 2.45) is 0 Å². The number of likely N-dealkylation sites (N-methyl/N-ethyl adjacent to an activating group) is 1. The van der Waals surface area contributed by atoms with E-state index in [9.17, 15) is 14.4 Å². The average molecular weight is 361 g/mol. The molecule has 0 radical (unpaired) electrons. The summed E-state index contributed by atoms with van der Waals surface area (Å²) in [5, 5.41) is 2.80. The van der Waals surface area contributed by atoms with E-state index >= 15 is 0 Å². The van der Waals surface area contributed by atoms with Gasteiger partial charge in [-0.25, -0.2) is 0 Å². The van der Waals surface area contributed by atoms with Gasteiger partial charge < -0.3 is 15.0 Å². The molecule has 26 heavy (non-hydrogen) atoms. The van der Waals surface area contributed by atoms with E-state index in [2.05, 4.69) is 5.32 Å². The van der Waals surface area contributed by atoms with Crippen molar-refractivity contribution in [3.8, 4) is 5.75 Å². The van der Waals surface area contributed by atoms with E-state index in [1.807, 2.05) is 25.9 Å². The number of ether oxygens (including phenoxy) is 1. The van der Waals surface area contributed by atoms with Crippen molar-refractivity contribution in [1.82, 2.24) is 10.2 Å². The van der Waals surface area contributed by atoms with E-state index in [-0.39, 0.29) is 24.1 Å². The number of anilines is 1. The summed E-state index contributed by atoms with van der Waals surface area (Å²) in [6.45, 7) is 4.71. The first-order chi connectivity index (χ1) is 12.3. The smallest absolute Gasteiger partial charge is 0.268 e. The molecule has 0 spiro atoms. The summed E-state index contributed by atoms with van der Waals surface area (Å²) in [6, 6.07) is 5.04. The van der Waals surface area contributed by atoms with Crippen molar-refractivity contribution in [2.75, 3.05) is 38.6 Å². The first-order valence-corrected chi connectivity index (χ1v) is 8.90. The zero-order valence-corrected chi connectivity index (χ0v) is 15.9. The van der Waals surface area contributed by atoms with Crippen LogP contribution in [0.3, 0.4) is 0 Å². The van der Waals surface area contributed by atoms with Gasteiger partial charge >= 0.3 is 0 Å². The number of amides is 2. The van der Waals surface area contributed by atoms with Gasteiger partial charge in [0.05, 0.1) is 5.69 Å². The molecule has 0 fully saturated rings. The molecule has 1 N–H and O–H groups in total. The summed E-state index contributed by atoms with van der Waals surface area (Å²) < 4.78 is 5.62. The van der Waals surface area contributed by atoms with Gasteiger partial charge in [0.2, 0.25) is 5.91 Å². The Morgan fingerprint density at radius 3 is 2.69 bits per heavy atom. The minimum Gasteiger partial charge on any atom is -0.479 e. The summed E-state index contributed by atoms with van der Waals surface area (Å²) >= 11 is 0. The number of carbonyl (C=O) groups excluding carboxylic acids is 3. The Balaban J connectivity index is 2.20. The van der Waals surface area contributed by atoms with E-state index in [0.717, 1.165) is 6.42 Å². The van der Waals surface area contributed by atoms with Gasteiger partial charge in [-0.15, -0.1) is 0 Å². The highest BCUT2D eigenvalue weighted by Crippen LogP contribution is 2.35. The van der Waals surface area contributed by atoms with Gasteiger partial charge in [0.25, 0.3) is 5.91 Å². The van der Waals surface area contributed by atoms with Crippen LogP contribution in [0.15, 0.2) is 18.2 Å². The van der Waals surface area contributed by atoms with Crippen molar-refractivity contribution in [3.63, 3.8) is 0 Å². The summed E-state index contributed by atoms with van der Waals surface area (Å²) in [7, 11) is 3.84. The van der Waals surface area contributed by atoms with Crippen LogP contribution in [0.1, 0.15) is 37.0 Å². The Kier molecular flexibility index (Phi) is 6.74. The predicted octanol–water partition coefficient (Wildman–Crippen LogP) is 1.46. The molecule has 0 saturated heterocycles. The number of nitrogens with zero attached hydrogens (tertiary/aromatic N) is 2. The van der Waals surface area contributed by atoms with E-state index in [1.54, 1.807) is 25.1 Å². The molecule has 1 aliphatic rings. The standard InChI is InChI=1S/C19H27N3O4/c1-5-6-16(23)14-7-8-17-15(11-14)22(19(25)13(2)26-17)12-18(24)20-9-10-21(3)4/h7-8,11,13H,5-6,9-10,12H2,1-4H3,(H,20,24). The third kappa shape index (κ3) is 4.82. The molecule has 0 aliphatic carbocycles. The molecule has 2 rings (SSSR count). The number of Topliss-reactive ketones (excluding diaryl/α,β-unsaturated/α-hetero) is 1. The molecule has 7 nitrogen and oxygen atoms in total. The Bertz CT molecular complexity index is 687. The Labute approximate surface area is 154 Å². The fourth-order valence-electron chi connectivity index (χ4n) is 2.73. The summed E-state index contributed by atoms with van der Waals surface area (Å²) in [5.74, 6) is -0.0196. The minimum atomic E-state index is -0.672. The maximum Gasteiger partial charge on any atom is 0.268 e. The number of carbonyl (C=O) groups is 3. The predicted molar refractivity (Wildman–Crippen MR) is 99.7 cm³/mol. The monoisotopic (exact) mass is 361 g/mol. The van der Waals surface area contributed by atoms with Crippen LogP contribution in [0.5, 0.6) is 5.75 Å². The number of benzene rings is 1. The molecule has 1 atom stereocenters. The molecule has 1 heterocycles. The zero-order valence-electron chi connectivity index (χ0n) is 15.9. The van der Waals surface area contributed by atoms with Crippen molar-refractivity contribution >= 4 is 23.3 Å². The van der Waals surface area contributed by atoms with Crippen molar-refractivity contribution in [1.29, 1.82) is 0 Å². The van der Waals surface area contributed by atoms with Crippen LogP contribution >= 0.6 is 0 Å². The molecular formula is C19H27N3O4. The molecule has 0 aromatic heterocycles. The van der Waals surface area contributed by atoms with Gasteiger partial charge in [-0.05, 0) is 45.6 Å². The van der Waals surface area contributed by atoms with Gasteiger partial charge in [0.1, 0.15) is 12.3 Å². The number of hydrogen-bond donors (Lipinski definition) is 1. The Hall–Kier alpha value is -2.41. The second kappa shape index (κ2) is 8.80. The van der Waals surface area contributed by atoms with Crippen LogP contribution in [0, 0.1) is 0 Å². The molecule has 0 saturated carbocycles. The van der Waals surface area contributed by atoms with Crippen molar-refractivity contribution in [2.45, 2.75) is 32.8 Å². The van der Waals surface area contributed by atoms with E-state index in [0.29, 0.717) is 36.5 Å². The molecule has 142 valence electrons. The van der Waals surface area contributed by atoms with E-state index in [1.165, 1.54) is 4.90 Å². The van der Waals surface area contributed by atoms with Crippen molar-refractivity contribution < 1.29 is 19.1 Å².